The molecular weight excluding hydrogens is 312 g/mol. The number of sulfonamides is 1. The predicted octanol–water partition coefficient (Wildman–Crippen LogP) is 1.54. The molecule has 6 nitrogen and oxygen atoms in total. The van der Waals surface area contributed by atoms with Gasteiger partial charge in [0, 0.05) is 30.6 Å². The van der Waals surface area contributed by atoms with Gasteiger partial charge in [-0.2, -0.15) is 0 Å². The molecule has 0 radical (unpaired) electrons. The van der Waals surface area contributed by atoms with Gasteiger partial charge in [-0.3, -0.25) is 0 Å². The van der Waals surface area contributed by atoms with E-state index in [2.05, 4.69) is 14.7 Å². The standard InChI is InChI=1S/C13H19ClN4O2S/c1-13(2,17-21(3,19)20)9-18-11(6-7-14)16-10-5-4-8-15-12(10)18/h4-5,8,17H,6-7,9H2,1-3H3. The Morgan fingerprint density at radius 1 is 1.43 bits per heavy atom. The Balaban J connectivity index is 2.42. The molecule has 0 atom stereocenters. The summed E-state index contributed by atoms with van der Waals surface area (Å²) in [6.45, 7) is 4.08. The van der Waals surface area contributed by atoms with Crippen molar-refractivity contribution in [2.24, 2.45) is 0 Å². The van der Waals surface area contributed by atoms with E-state index in [0.29, 0.717) is 18.8 Å². The summed E-state index contributed by atoms with van der Waals surface area (Å²) in [7, 11) is -3.29. The molecule has 2 heterocycles. The van der Waals surface area contributed by atoms with Gasteiger partial charge in [0.2, 0.25) is 10.0 Å². The van der Waals surface area contributed by atoms with Crippen LogP contribution >= 0.6 is 11.6 Å². The second-order valence-corrected chi connectivity index (χ2v) is 7.78. The number of rotatable bonds is 6. The summed E-state index contributed by atoms with van der Waals surface area (Å²) in [5.41, 5.74) is 0.869. The molecular formula is C13H19ClN4O2S. The Hall–Kier alpha value is -1.18. The van der Waals surface area contributed by atoms with E-state index in [1.165, 1.54) is 0 Å². The fraction of sp³-hybridized carbons (Fsp3) is 0.538. The van der Waals surface area contributed by atoms with Gasteiger partial charge in [-0.05, 0) is 26.0 Å². The van der Waals surface area contributed by atoms with Crippen molar-refractivity contribution < 1.29 is 8.42 Å². The Bertz CT molecular complexity index is 740. The van der Waals surface area contributed by atoms with Gasteiger partial charge in [-0.15, -0.1) is 11.6 Å². The summed E-state index contributed by atoms with van der Waals surface area (Å²) >= 11 is 5.83. The van der Waals surface area contributed by atoms with Crippen LogP contribution in [0.1, 0.15) is 19.7 Å². The van der Waals surface area contributed by atoms with Crippen LogP contribution in [-0.2, 0) is 23.0 Å². The van der Waals surface area contributed by atoms with Crippen LogP contribution in [0.25, 0.3) is 11.2 Å². The maximum Gasteiger partial charge on any atom is 0.209 e. The average molecular weight is 331 g/mol. The summed E-state index contributed by atoms with van der Waals surface area (Å²) in [6.07, 6.45) is 3.45. The molecule has 0 aliphatic carbocycles. The maximum absolute atomic E-state index is 11.5. The molecule has 21 heavy (non-hydrogen) atoms. The minimum atomic E-state index is -3.29. The number of nitrogens with zero attached hydrogens (tertiary/aromatic N) is 3. The smallest absolute Gasteiger partial charge is 0.209 e. The van der Waals surface area contributed by atoms with Crippen molar-refractivity contribution in [1.82, 2.24) is 19.3 Å². The minimum absolute atomic E-state index is 0.430. The van der Waals surface area contributed by atoms with Crippen LogP contribution < -0.4 is 4.72 Å². The van der Waals surface area contributed by atoms with Gasteiger partial charge in [-0.25, -0.2) is 23.1 Å². The van der Waals surface area contributed by atoms with Crippen LogP contribution in [-0.4, -0.2) is 40.6 Å². The molecule has 2 aromatic rings. The lowest BCUT2D eigenvalue weighted by Crippen LogP contribution is -2.46. The summed E-state index contributed by atoms with van der Waals surface area (Å²) in [4.78, 5) is 8.87. The Labute approximate surface area is 129 Å². The zero-order chi connectivity index (χ0) is 15.7. The fourth-order valence-corrected chi connectivity index (χ4v) is 3.61. The number of pyridine rings is 1. The third kappa shape index (κ3) is 4.15. The van der Waals surface area contributed by atoms with Crippen LogP contribution in [0, 0.1) is 0 Å². The maximum atomic E-state index is 11.5. The van der Waals surface area contributed by atoms with Crippen LogP contribution in [0.3, 0.4) is 0 Å². The normalized spacial score (nSPS) is 13.0. The van der Waals surface area contributed by atoms with Gasteiger partial charge in [-0.1, -0.05) is 0 Å². The minimum Gasteiger partial charge on any atom is -0.311 e. The number of hydrogen-bond donors (Lipinski definition) is 1. The first-order chi connectivity index (χ1) is 9.72. The number of hydrogen-bond acceptors (Lipinski definition) is 4. The summed E-state index contributed by atoms with van der Waals surface area (Å²) in [5, 5.41) is 0. The van der Waals surface area contributed by atoms with Gasteiger partial charge in [0.05, 0.1) is 6.26 Å². The lowest BCUT2D eigenvalue weighted by atomic mass is 10.1. The third-order valence-electron chi connectivity index (χ3n) is 2.92. The van der Waals surface area contributed by atoms with Crippen molar-refractivity contribution in [2.75, 3.05) is 12.1 Å². The van der Waals surface area contributed by atoms with Crippen molar-refractivity contribution in [3.8, 4) is 0 Å². The topological polar surface area (TPSA) is 76.9 Å². The van der Waals surface area contributed by atoms with E-state index in [-0.39, 0.29) is 0 Å². The first-order valence-electron chi connectivity index (χ1n) is 6.57. The monoisotopic (exact) mass is 330 g/mol. The predicted molar refractivity (Wildman–Crippen MR) is 84.0 cm³/mol. The highest BCUT2D eigenvalue weighted by Gasteiger charge is 2.25. The van der Waals surface area contributed by atoms with E-state index in [1.807, 2.05) is 30.5 Å². The molecule has 0 bridgehead atoms. The number of imidazole rings is 1. The molecule has 8 heteroatoms. The van der Waals surface area contributed by atoms with E-state index < -0.39 is 15.6 Å². The van der Waals surface area contributed by atoms with Gasteiger partial charge in [0.15, 0.2) is 5.65 Å². The molecule has 1 N–H and O–H groups in total. The molecule has 0 amide bonds. The highest BCUT2D eigenvalue weighted by molar-refractivity contribution is 7.88. The van der Waals surface area contributed by atoms with E-state index in [4.69, 9.17) is 11.6 Å². The van der Waals surface area contributed by atoms with Crippen LogP contribution in [0.2, 0.25) is 0 Å². The highest BCUT2D eigenvalue weighted by atomic mass is 35.5. The zero-order valence-electron chi connectivity index (χ0n) is 12.3. The SMILES string of the molecule is CC(C)(Cn1c(CCCl)nc2cccnc21)NS(C)(=O)=O. The molecule has 0 fully saturated rings. The fourth-order valence-electron chi connectivity index (χ4n) is 2.38. The Morgan fingerprint density at radius 2 is 2.14 bits per heavy atom. The number of fused-ring (bicyclic) bond motifs is 1. The first-order valence-corrected chi connectivity index (χ1v) is 8.99. The highest BCUT2D eigenvalue weighted by Crippen LogP contribution is 2.18. The summed E-state index contributed by atoms with van der Waals surface area (Å²) < 4.78 is 27.5. The van der Waals surface area contributed by atoms with Crippen LogP contribution in [0.5, 0.6) is 0 Å². The van der Waals surface area contributed by atoms with Gasteiger partial charge in [0.25, 0.3) is 0 Å². The van der Waals surface area contributed by atoms with Crippen LogP contribution in [0.15, 0.2) is 18.3 Å². The number of aromatic nitrogens is 3. The lowest BCUT2D eigenvalue weighted by Gasteiger charge is -2.26. The molecule has 0 aliphatic rings. The quantitative estimate of drug-likeness (QED) is 0.815. The average Bonchev–Trinajstić information content (AvgIpc) is 2.65. The number of nitrogens with one attached hydrogen (secondary N) is 1. The van der Waals surface area contributed by atoms with Gasteiger partial charge < -0.3 is 4.57 Å². The van der Waals surface area contributed by atoms with Crippen molar-refractivity contribution in [2.45, 2.75) is 32.4 Å². The second kappa shape index (κ2) is 5.90. The van der Waals surface area contributed by atoms with Crippen molar-refractivity contribution in [3.63, 3.8) is 0 Å². The van der Waals surface area contributed by atoms with E-state index >= 15 is 0 Å². The van der Waals surface area contributed by atoms with Gasteiger partial charge >= 0.3 is 0 Å². The number of alkyl halides is 1. The molecule has 2 aromatic heterocycles. The van der Waals surface area contributed by atoms with Crippen molar-refractivity contribution in [1.29, 1.82) is 0 Å². The molecule has 0 aliphatic heterocycles. The molecule has 0 saturated heterocycles. The zero-order valence-corrected chi connectivity index (χ0v) is 13.9. The van der Waals surface area contributed by atoms with Crippen LogP contribution in [0.4, 0.5) is 0 Å². The van der Waals surface area contributed by atoms with E-state index in [1.54, 1.807) is 6.20 Å². The third-order valence-corrected chi connectivity index (χ3v) is 4.03. The Morgan fingerprint density at radius 3 is 2.76 bits per heavy atom. The largest absolute Gasteiger partial charge is 0.311 e. The molecule has 0 saturated carbocycles. The summed E-state index contributed by atoms with van der Waals surface area (Å²) in [5.74, 6) is 1.26. The first kappa shape index (κ1) is 16.2. The molecule has 2 rings (SSSR count). The number of aryl methyl sites for hydroxylation is 1. The molecule has 116 valence electrons. The Kier molecular flexibility index (Phi) is 4.55. The van der Waals surface area contributed by atoms with Crippen molar-refractivity contribution >= 4 is 32.8 Å². The second-order valence-electron chi connectivity index (χ2n) is 5.66. The van der Waals surface area contributed by atoms with Crippen molar-refractivity contribution in [3.05, 3.63) is 24.2 Å². The summed E-state index contributed by atoms with van der Waals surface area (Å²) in [6, 6.07) is 3.71. The molecule has 0 aromatic carbocycles. The van der Waals surface area contributed by atoms with E-state index in [0.717, 1.165) is 23.2 Å². The van der Waals surface area contributed by atoms with E-state index in [9.17, 15) is 8.42 Å². The number of halogens is 1. The lowest BCUT2D eigenvalue weighted by molar-refractivity contribution is 0.389. The van der Waals surface area contributed by atoms with Gasteiger partial charge in [0.1, 0.15) is 11.3 Å². The molecule has 0 unspecified atom stereocenters. The molecule has 0 spiro atoms.